The number of hydrogen-bond acceptors (Lipinski definition) is 4. The van der Waals surface area contributed by atoms with Gasteiger partial charge in [-0.1, -0.05) is 39.0 Å². The van der Waals surface area contributed by atoms with Crippen molar-refractivity contribution in [2.75, 3.05) is 26.4 Å². The normalized spacial score (nSPS) is 23.0. The predicted octanol–water partition coefficient (Wildman–Crippen LogP) is 3.90. The van der Waals surface area contributed by atoms with Crippen molar-refractivity contribution in [1.82, 2.24) is 5.32 Å². The van der Waals surface area contributed by atoms with Gasteiger partial charge in [-0.25, -0.2) is 0 Å². The summed E-state index contributed by atoms with van der Waals surface area (Å²) in [4.78, 5) is 0. The van der Waals surface area contributed by atoms with Gasteiger partial charge in [-0.05, 0) is 30.4 Å². The van der Waals surface area contributed by atoms with Gasteiger partial charge in [0.15, 0.2) is 0 Å². The standard InChI is InChI=1S/C20H29NO3/c1-19(2,3)18(17-12-15-6-4-5-7-16(15)24-17)21-13-20(8-10-22)9-11-23-14-20/h4-7,12,18,21-22H,8-11,13-14H2,1-3H3. The van der Waals surface area contributed by atoms with E-state index in [9.17, 15) is 5.11 Å². The lowest BCUT2D eigenvalue weighted by Gasteiger charge is -2.34. The topological polar surface area (TPSA) is 54.6 Å². The Bertz CT molecular complexity index is 632. The van der Waals surface area contributed by atoms with Crippen LogP contribution < -0.4 is 5.32 Å². The number of fused-ring (bicyclic) bond motifs is 1. The molecule has 2 heterocycles. The third-order valence-corrected chi connectivity index (χ3v) is 5.10. The summed E-state index contributed by atoms with van der Waals surface area (Å²) in [6.07, 6.45) is 1.77. The van der Waals surface area contributed by atoms with E-state index in [-0.39, 0.29) is 23.5 Å². The highest BCUT2D eigenvalue weighted by Crippen LogP contribution is 2.38. The van der Waals surface area contributed by atoms with Crippen LogP contribution in [0.2, 0.25) is 0 Å². The van der Waals surface area contributed by atoms with E-state index in [4.69, 9.17) is 9.15 Å². The minimum Gasteiger partial charge on any atom is -0.459 e. The van der Waals surface area contributed by atoms with Crippen LogP contribution in [0.3, 0.4) is 0 Å². The molecule has 1 aromatic carbocycles. The lowest BCUT2D eigenvalue weighted by atomic mass is 9.81. The molecule has 3 rings (SSSR count). The third-order valence-electron chi connectivity index (χ3n) is 5.10. The number of nitrogens with one attached hydrogen (secondary N) is 1. The molecule has 2 N–H and O–H groups in total. The predicted molar refractivity (Wildman–Crippen MR) is 96.0 cm³/mol. The summed E-state index contributed by atoms with van der Waals surface area (Å²) in [5.74, 6) is 0.974. The molecule has 0 bridgehead atoms. The van der Waals surface area contributed by atoms with E-state index in [0.717, 1.165) is 49.3 Å². The van der Waals surface area contributed by atoms with Crippen LogP contribution in [0.25, 0.3) is 11.0 Å². The maximum atomic E-state index is 9.43. The quantitative estimate of drug-likeness (QED) is 0.843. The first-order valence-corrected chi connectivity index (χ1v) is 8.84. The Labute approximate surface area is 144 Å². The molecule has 0 radical (unpaired) electrons. The summed E-state index contributed by atoms with van der Waals surface area (Å²) in [5.41, 5.74) is 0.982. The molecule has 4 heteroatoms. The van der Waals surface area contributed by atoms with E-state index >= 15 is 0 Å². The van der Waals surface area contributed by atoms with Crippen molar-refractivity contribution in [2.24, 2.45) is 10.8 Å². The Morgan fingerprint density at radius 2 is 2.08 bits per heavy atom. The van der Waals surface area contributed by atoms with E-state index in [1.807, 2.05) is 18.2 Å². The van der Waals surface area contributed by atoms with Crippen LogP contribution in [0.4, 0.5) is 0 Å². The molecular weight excluding hydrogens is 302 g/mol. The van der Waals surface area contributed by atoms with Crippen LogP contribution >= 0.6 is 0 Å². The van der Waals surface area contributed by atoms with Crippen LogP contribution in [0.5, 0.6) is 0 Å². The Kier molecular flexibility index (Phi) is 5.00. The van der Waals surface area contributed by atoms with Crippen molar-refractivity contribution in [1.29, 1.82) is 0 Å². The first kappa shape index (κ1) is 17.5. The fourth-order valence-electron chi connectivity index (χ4n) is 3.61. The van der Waals surface area contributed by atoms with Gasteiger partial charge in [0.2, 0.25) is 0 Å². The molecule has 1 fully saturated rings. The summed E-state index contributed by atoms with van der Waals surface area (Å²) >= 11 is 0. The smallest absolute Gasteiger partial charge is 0.134 e. The second-order valence-electron chi connectivity index (χ2n) is 8.14. The van der Waals surface area contributed by atoms with Crippen molar-refractivity contribution in [2.45, 2.75) is 39.7 Å². The van der Waals surface area contributed by atoms with Gasteiger partial charge in [-0.2, -0.15) is 0 Å². The number of furan rings is 1. The third kappa shape index (κ3) is 3.66. The molecule has 24 heavy (non-hydrogen) atoms. The van der Waals surface area contributed by atoms with Gasteiger partial charge in [0.25, 0.3) is 0 Å². The Morgan fingerprint density at radius 1 is 1.29 bits per heavy atom. The van der Waals surface area contributed by atoms with Gasteiger partial charge < -0.3 is 19.6 Å². The second-order valence-corrected chi connectivity index (χ2v) is 8.14. The highest BCUT2D eigenvalue weighted by molar-refractivity contribution is 5.77. The lowest BCUT2D eigenvalue weighted by Crippen LogP contribution is -2.41. The summed E-state index contributed by atoms with van der Waals surface area (Å²) in [5, 5.41) is 14.3. The molecule has 1 saturated heterocycles. The molecule has 1 aromatic heterocycles. The largest absolute Gasteiger partial charge is 0.459 e. The van der Waals surface area contributed by atoms with Gasteiger partial charge in [0, 0.05) is 30.6 Å². The van der Waals surface area contributed by atoms with Crippen molar-refractivity contribution >= 4 is 11.0 Å². The second kappa shape index (κ2) is 6.87. The average molecular weight is 331 g/mol. The fraction of sp³-hybridized carbons (Fsp3) is 0.600. The number of hydrogen-bond donors (Lipinski definition) is 2. The van der Waals surface area contributed by atoms with Crippen molar-refractivity contribution < 1.29 is 14.3 Å². The van der Waals surface area contributed by atoms with E-state index in [1.54, 1.807) is 0 Å². The first-order valence-electron chi connectivity index (χ1n) is 8.84. The van der Waals surface area contributed by atoms with Crippen LogP contribution in [0, 0.1) is 10.8 Å². The maximum Gasteiger partial charge on any atom is 0.134 e. The molecule has 132 valence electrons. The van der Waals surface area contributed by atoms with Crippen LogP contribution in [0.15, 0.2) is 34.7 Å². The molecule has 4 nitrogen and oxygen atoms in total. The monoisotopic (exact) mass is 331 g/mol. The van der Waals surface area contributed by atoms with Gasteiger partial charge in [-0.15, -0.1) is 0 Å². The zero-order valence-electron chi connectivity index (χ0n) is 15.0. The minimum atomic E-state index is 0.0216. The van der Waals surface area contributed by atoms with Crippen LogP contribution in [-0.2, 0) is 4.74 Å². The molecular formula is C20H29NO3. The van der Waals surface area contributed by atoms with Crippen LogP contribution in [0.1, 0.15) is 45.4 Å². The fourth-order valence-corrected chi connectivity index (χ4v) is 3.61. The summed E-state index contributed by atoms with van der Waals surface area (Å²) in [7, 11) is 0. The van der Waals surface area contributed by atoms with E-state index < -0.39 is 0 Å². The zero-order valence-corrected chi connectivity index (χ0v) is 15.0. The number of benzene rings is 1. The molecule has 0 saturated carbocycles. The van der Waals surface area contributed by atoms with Crippen molar-refractivity contribution in [3.63, 3.8) is 0 Å². The molecule has 1 aliphatic heterocycles. The van der Waals surface area contributed by atoms with Crippen molar-refractivity contribution in [3.8, 4) is 0 Å². The number of ether oxygens (including phenoxy) is 1. The highest BCUT2D eigenvalue weighted by atomic mass is 16.5. The first-order chi connectivity index (χ1) is 11.4. The molecule has 2 atom stereocenters. The van der Waals surface area contributed by atoms with Gasteiger partial charge in [0.1, 0.15) is 11.3 Å². The molecule has 0 aliphatic carbocycles. The number of para-hydroxylation sites is 1. The maximum absolute atomic E-state index is 9.43. The van der Waals surface area contributed by atoms with Gasteiger partial charge in [0.05, 0.1) is 12.6 Å². The zero-order chi connectivity index (χ0) is 17.2. The lowest BCUT2D eigenvalue weighted by molar-refractivity contribution is 0.113. The van der Waals surface area contributed by atoms with Gasteiger partial charge in [-0.3, -0.25) is 0 Å². The highest BCUT2D eigenvalue weighted by Gasteiger charge is 2.37. The van der Waals surface area contributed by atoms with E-state index in [1.165, 1.54) is 0 Å². The Morgan fingerprint density at radius 3 is 2.71 bits per heavy atom. The summed E-state index contributed by atoms with van der Waals surface area (Å²) < 4.78 is 11.7. The van der Waals surface area contributed by atoms with E-state index in [0.29, 0.717) is 0 Å². The Balaban J connectivity index is 1.82. The molecule has 0 amide bonds. The number of aliphatic hydroxyl groups is 1. The average Bonchev–Trinajstić information content (AvgIpc) is 3.13. The Hall–Kier alpha value is -1.36. The molecule has 2 unspecified atom stereocenters. The summed E-state index contributed by atoms with van der Waals surface area (Å²) in [6.45, 7) is 9.21. The van der Waals surface area contributed by atoms with E-state index in [2.05, 4.69) is 38.2 Å². The summed E-state index contributed by atoms with van der Waals surface area (Å²) in [6, 6.07) is 10.4. The molecule has 0 spiro atoms. The molecule has 2 aromatic rings. The number of aliphatic hydroxyl groups excluding tert-OH is 1. The van der Waals surface area contributed by atoms with Crippen molar-refractivity contribution in [3.05, 3.63) is 36.1 Å². The van der Waals surface area contributed by atoms with Gasteiger partial charge >= 0.3 is 0 Å². The number of rotatable bonds is 6. The van der Waals surface area contributed by atoms with Crippen LogP contribution in [-0.4, -0.2) is 31.5 Å². The molecule has 1 aliphatic rings. The minimum absolute atomic E-state index is 0.0216. The SMILES string of the molecule is CC(C)(C)C(NCC1(CCO)CCOC1)c1cc2ccccc2o1.